The summed E-state index contributed by atoms with van der Waals surface area (Å²) >= 11 is 0. The van der Waals surface area contributed by atoms with E-state index in [-0.39, 0.29) is 11.5 Å². The second kappa shape index (κ2) is 11.1. The van der Waals surface area contributed by atoms with Crippen LogP contribution in [0.25, 0.3) is 22.2 Å². The number of H-pyrrole nitrogens is 1. The van der Waals surface area contributed by atoms with Gasteiger partial charge in [0, 0.05) is 25.0 Å². The van der Waals surface area contributed by atoms with Gasteiger partial charge in [-0.1, -0.05) is 6.07 Å². The molecule has 1 amide bonds. The number of ether oxygens (including phenoxy) is 1. The normalized spacial score (nSPS) is 14.4. The molecule has 1 saturated heterocycles. The van der Waals surface area contributed by atoms with Crippen LogP contribution in [-0.2, 0) is 4.79 Å². The predicted octanol–water partition coefficient (Wildman–Crippen LogP) is 4.14. The number of carbonyl (C=O) groups excluding carboxylic acids is 1. The number of nitrogens with one attached hydrogen (secondary N) is 3. The fourth-order valence-corrected chi connectivity index (χ4v) is 5.25. The van der Waals surface area contributed by atoms with Gasteiger partial charge < -0.3 is 25.3 Å². The largest absolute Gasteiger partial charge is 0.480 e. The number of likely N-dealkylation sites (N-methyl/N-ethyl adjacent to an activating group) is 1. The minimum Gasteiger partial charge on any atom is -0.480 e. The predicted molar refractivity (Wildman–Crippen MR) is 156 cm³/mol. The van der Waals surface area contributed by atoms with E-state index in [1.807, 2.05) is 44.0 Å². The molecule has 0 bridgehead atoms. The lowest BCUT2D eigenvalue weighted by atomic mass is 9.86. The quantitative estimate of drug-likeness (QED) is 0.319. The minimum atomic E-state index is -0.563. The maximum absolute atomic E-state index is 12.9. The maximum Gasteiger partial charge on any atom is 0.259 e. The van der Waals surface area contributed by atoms with Gasteiger partial charge in [-0.05, 0) is 87.4 Å². The molecular weight excluding hydrogens is 506 g/mol. The molecule has 5 rings (SSSR count). The number of likely N-dealkylation sites (tertiary alicyclic amines) is 1. The summed E-state index contributed by atoms with van der Waals surface area (Å²) in [4.78, 5) is 43.8. The number of carbonyl (C=O) groups is 1. The number of aryl methyl sites for hydroxylation is 1. The van der Waals surface area contributed by atoms with E-state index in [2.05, 4.69) is 44.6 Å². The standard InChI is InChI=1S/C30H35N7O3/c1-18-14-21(6-7-22(18)19-9-12-37(13-10-19)29(39)30(2,3)31-4)34-27-26-20(8-11-33-28(26)38)15-23(36-27)24-16-32-17-25(35-24)40-5/h6-8,11,14-17,19,31H,9-10,12-13H2,1-5H3,(H,33,38)(H,34,36). The van der Waals surface area contributed by atoms with Crippen molar-refractivity contribution < 1.29 is 9.53 Å². The first-order valence-corrected chi connectivity index (χ1v) is 13.4. The zero-order valence-corrected chi connectivity index (χ0v) is 23.5. The van der Waals surface area contributed by atoms with Crippen LogP contribution in [0.4, 0.5) is 11.5 Å². The van der Waals surface area contributed by atoms with Crippen LogP contribution < -0.4 is 20.9 Å². The Bertz CT molecular complexity index is 1610. The first-order valence-electron chi connectivity index (χ1n) is 13.4. The molecule has 4 heterocycles. The van der Waals surface area contributed by atoms with Gasteiger partial charge >= 0.3 is 0 Å². The smallest absolute Gasteiger partial charge is 0.259 e. The Morgan fingerprint density at radius 2 is 1.88 bits per heavy atom. The number of rotatable bonds is 7. The fraction of sp³-hybridized carbons (Fsp3) is 0.367. The Kier molecular flexibility index (Phi) is 7.53. The van der Waals surface area contributed by atoms with Crippen LogP contribution in [0.2, 0.25) is 0 Å². The molecule has 10 nitrogen and oxygen atoms in total. The molecule has 208 valence electrons. The van der Waals surface area contributed by atoms with Crippen molar-refractivity contribution in [2.75, 3.05) is 32.6 Å². The highest BCUT2D eigenvalue weighted by atomic mass is 16.5. The number of nitrogens with zero attached hydrogens (tertiary/aromatic N) is 4. The van der Waals surface area contributed by atoms with Gasteiger partial charge in [0.15, 0.2) is 0 Å². The number of amides is 1. The molecule has 1 aliphatic heterocycles. The van der Waals surface area contributed by atoms with Crippen LogP contribution in [0.15, 0.2) is 53.7 Å². The molecule has 3 aromatic heterocycles. The molecule has 40 heavy (non-hydrogen) atoms. The van der Waals surface area contributed by atoms with Crippen LogP contribution >= 0.6 is 0 Å². The summed E-state index contributed by atoms with van der Waals surface area (Å²) in [5.41, 5.74) is 3.58. The van der Waals surface area contributed by atoms with Crippen LogP contribution in [0.3, 0.4) is 0 Å². The molecule has 4 aromatic rings. The van der Waals surface area contributed by atoms with Crippen molar-refractivity contribution in [1.29, 1.82) is 0 Å². The van der Waals surface area contributed by atoms with E-state index in [4.69, 9.17) is 9.72 Å². The second-order valence-corrected chi connectivity index (χ2v) is 10.7. The highest BCUT2D eigenvalue weighted by Crippen LogP contribution is 2.33. The molecule has 1 fully saturated rings. The molecular formula is C30H35N7O3. The van der Waals surface area contributed by atoms with Crippen molar-refractivity contribution >= 4 is 28.2 Å². The van der Waals surface area contributed by atoms with Crippen molar-refractivity contribution in [3.8, 4) is 17.3 Å². The summed E-state index contributed by atoms with van der Waals surface area (Å²) < 4.78 is 5.23. The van der Waals surface area contributed by atoms with E-state index in [1.54, 1.807) is 12.4 Å². The van der Waals surface area contributed by atoms with Gasteiger partial charge in [-0.15, -0.1) is 0 Å². The molecule has 3 N–H and O–H groups in total. The van der Waals surface area contributed by atoms with Gasteiger partial charge in [-0.3, -0.25) is 14.6 Å². The minimum absolute atomic E-state index is 0.140. The summed E-state index contributed by atoms with van der Waals surface area (Å²) in [5.74, 6) is 1.34. The third kappa shape index (κ3) is 5.40. The van der Waals surface area contributed by atoms with Crippen LogP contribution in [0.1, 0.15) is 43.7 Å². The number of pyridine rings is 2. The number of hydrogen-bond acceptors (Lipinski definition) is 8. The molecule has 1 aliphatic rings. The third-order valence-corrected chi connectivity index (χ3v) is 7.75. The average molecular weight is 542 g/mol. The Hall–Kier alpha value is -4.31. The first-order chi connectivity index (χ1) is 19.2. The summed E-state index contributed by atoms with van der Waals surface area (Å²) in [7, 11) is 3.36. The molecule has 0 radical (unpaired) electrons. The lowest BCUT2D eigenvalue weighted by Crippen LogP contribution is -2.54. The number of aromatic amines is 1. The molecule has 0 atom stereocenters. The zero-order valence-electron chi connectivity index (χ0n) is 23.5. The summed E-state index contributed by atoms with van der Waals surface area (Å²) in [6, 6.07) is 9.90. The number of methoxy groups -OCH3 is 1. The average Bonchev–Trinajstić information content (AvgIpc) is 2.97. The SMILES string of the molecule is CNC(C)(C)C(=O)N1CCC(c2ccc(Nc3nc(-c4cncc(OC)n4)cc4cc[nH]c(=O)c34)cc2C)CC1. The van der Waals surface area contributed by atoms with Gasteiger partial charge in [-0.2, -0.15) is 0 Å². The molecule has 0 spiro atoms. The zero-order chi connectivity index (χ0) is 28.4. The van der Waals surface area contributed by atoms with Crippen LogP contribution in [-0.4, -0.2) is 63.5 Å². The molecule has 10 heteroatoms. The molecule has 0 saturated carbocycles. The van der Waals surface area contributed by atoms with Gasteiger partial charge in [0.05, 0.1) is 36.1 Å². The summed E-state index contributed by atoms with van der Waals surface area (Å²) in [6.07, 6.45) is 6.61. The van der Waals surface area contributed by atoms with Gasteiger partial charge in [0.2, 0.25) is 11.8 Å². The van der Waals surface area contributed by atoms with Crippen LogP contribution in [0, 0.1) is 6.92 Å². The number of hydrogen-bond donors (Lipinski definition) is 3. The van der Waals surface area contributed by atoms with Crippen molar-refractivity contribution in [3.05, 3.63) is 70.4 Å². The molecule has 0 unspecified atom stereocenters. The topological polar surface area (TPSA) is 125 Å². The number of fused-ring (bicyclic) bond motifs is 1. The van der Waals surface area contributed by atoms with Crippen molar-refractivity contribution in [2.24, 2.45) is 0 Å². The highest BCUT2D eigenvalue weighted by molar-refractivity contribution is 5.95. The highest BCUT2D eigenvalue weighted by Gasteiger charge is 2.33. The van der Waals surface area contributed by atoms with Gasteiger partial charge in [0.1, 0.15) is 11.5 Å². The third-order valence-electron chi connectivity index (χ3n) is 7.75. The van der Waals surface area contributed by atoms with E-state index >= 15 is 0 Å². The van der Waals surface area contributed by atoms with E-state index in [0.29, 0.717) is 34.4 Å². The molecule has 1 aromatic carbocycles. The Morgan fingerprint density at radius 3 is 2.58 bits per heavy atom. The second-order valence-electron chi connectivity index (χ2n) is 10.7. The Morgan fingerprint density at radius 1 is 1.10 bits per heavy atom. The Labute approximate surface area is 233 Å². The number of aromatic nitrogens is 4. The number of piperidine rings is 1. The van der Waals surface area contributed by atoms with Gasteiger partial charge in [-0.25, -0.2) is 9.97 Å². The van der Waals surface area contributed by atoms with E-state index in [9.17, 15) is 9.59 Å². The summed E-state index contributed by atoms with van der Waals surface area (Å²) in [6.45, 7) is 7.42. The number of anilines is 2. The lowest BCUT2D eigenvalue weighted by molar-refractivity contribution is -0.138. The van der Waals surface area contributed by atoms with Crippen molar-refractivity contribution in [3.63, 3.8) is 0 Å². The fourth-order valence-electron chi connectivity index (χ4n) is 5.25. The maximum atomic E-state index is 12.9. The van der Waals surface area contributed by atoms with Crippen LogP contribution in [0.5, 0.6) is 5.88 Å². The van der Waals surface area contributed by atoms with E-state index < -0.39 is 5.54 Å². The summed E-state index contributed by atoms with van der Waals surface area (Å²) in [5, 5.41) is 7.68. The molecule has 0 aliphatic carbocycles. The van der Waals surface area contributed by atoms with E-state index in [1.165, 1.54) is 18.9 Å². The van der Waals surface area contributed by atoms with Crippen molar-refractivity contribution in [2.45, 2.75) is 45.1 Å². The van der Waals surface area contributed by atoms with Gasteiger partial charge in [0.25, 0.3) is 5.56 Å². The van der Waals surface area contributed by atoms with E-state index in [0.717, 1.165) is 42.6 Å². The Balaban J connectivity index is 1.40. The number of benzene rings is 1. The monoisotopic (exact) mass is 541 g/mol. The first kappa shape index (κ1) is 27.3. The van der Waals surface area contributed by atoms with Crippen molar-refractivity contribution in [1.82, 2.24) is 30.2 Å². The lowest BCUT2D eigenvalue weighted by Gasteiger charge is -2.37.